The molecular weight excluding hydrogens is 356 g/mol. The second kappa shape index (κ2) is 10.0. The number of hydrogen-bond donors (Lipinski definition) is 1. The molecule has 0 atom stereocenters. The predicted molar refractivity (Wildman–Crippen MR) is 99.6 cm³/mol. The van der Waals surface area contributed by atoms with Crippen LogP contribution >= 0.6 is 11.6 Å². The Balaban J connectivity index is 2.15. The third-order valence-corrected chi connectivity index (χ3v) is 4.38. The largest absolute Gasteiger partial charge is 0.490 e. The summed E-state index contributed by atoms with van der Waals surface area (Å²) in [4.78, 5) is 13.4. The van der Waals surface area contributed by atoms with Crippen LogP contribution in [0.3, 0.4) is 0 Å². The monoisotopic (exact) mass is 378 g/mol. The molecule has 0 unspecified atom stereocenters. The van der Waals surface area contributed by atoms with Crippen LogP contribution in [0.1, 0.15) is 31.7 Å². The molecule has 7 heteroatoms. The number of carbonyl (C=O) groups is 1. The van der Waals surface area contributed by atoms with E-state index in [1.165, 1.54) is 25.3 Å². The molecule has 0 bridgehead atoms. The Morgan fingerprint density at radius 1 is 1.35 bits per heavy atom. The molecule has 1 aliphatic rings. The highest BCUT2D eigenvalue weighted by molar-refractivity contribution is 6.32. The number of likely N-dealkylation sites (tertiary alicyclic amines) is 1. The molecule has 1 N–H and O–H groups in total. The number of benzene rings is 1. The van der Waals surface area contributed by atoms with Crippen LogP contribution in [0.15, 0.2) is 17.7 Å². The van der Waals surface area contributed by atoms with Crippen LogP contribution in [-0.4, -0.2) is 48.8 Å². The second-order valence-electron chi connectivity index (χ2n) is 5.99. The van der Waals surface area contributed by atoms with E-state index in [2.05, 4.69) is 4.90 Å². The molecule has 0 radical (unpaired) electrons. The summed E-state index contributed by atoms with van der Waals surface area (Å²) < 4.78 is 11.5. The molecule has 1 heterocycles. The van der Waals surface area contributed by atoms with Gasteiger partial charge in [-0.05, 0) is 56.6 Å². The molecule has 0 aliphatic carbocycles. The van der Waals surface area contributed by atoms with Crippen molar-refractivity contribution in [2.45, 2.75) is 26.2 Å². The summed E-state index contributed by atoms with van der Waals surface area (Å²) in [5, 5.41) is 18.2. The Morgan fingerprint density at radius 3 is 2.69 bits per heavy atom. The van der Waals surface area contributed by atoms with Crippen LogP contribution in [-0.2, 0) is 4.79 Å². The lowest BCUT2D eigenvalue weighted by Crippen LogP contribution is -2.33. The minimum Gasteiger partial charge on any atom is -0.490 e. The Bertz CT molecular complexity index is 706. The van der Waals surface area contributed by atoms with Crippen molar-refractivity contribution in [3.8, 4) is 17.6 Å². The normalized spacial score (nSPS) is 15.3. The summed E-state index contributed by atoms with van der Waals surface area (Å²) >= 11 is 6.32. The van der Waals surface area contributed by atoms with Crippen LogP contribution in [0.4, 0.5) is 0 Å². The average molecular weight is 379 g/mol. The maximum absolute atomic E-state index is 11.0. The van der Waals surface area contributed by atoms with Gasteiger partial charge in [0, 0.05) is 6.54 Å². The van der Waals surface area contributed by atoms with Crippen molar-refractivity contribution in [1.29, 1.82) is 5.26 Å². The summed E-state index contributed by atoms with van der Waals surface area (Å²) in [6.07, 6.45) is 4.98. The highest BCUT2D eigenvalue weighted by Crippen LogP contribution is 2.37. The number of hydrogen-bond acceptors (Lipinski definition) is 5. The van der Waals surface area contributed by atoms with Gasteiger partial charge < -0.3 is 14.6 Å². The number of rotatable bonds is 8. The van der Waals surface area contributed by atoms with E-state index in [0.29, 0.717) is 35.3 Å². The summed E-state index contributed by atoms with van der Waals surface area (Å²) in [7, 11) is 0. The van der Waals surface area contributed by atoms with Crippen LogP contribution in [0.2, 0.25) is 5.02 Å². The van der Waals surface area contributed by atoms with Gasteiger partial charge in [-0.15, -0.1) is 0 Å². The number of ether oxygens (including phenoxy) is 2. The van der Waals surface area contributed by atoms with Crippen LogP contribution in [0.5, 0.6) is 11.5 Å². The molecule has 0 amide bonds. The minimum atomic E-state index is -1.29. The lowest BCUT2D eigenvalue weighted by Gasteiger charge is -2.26. The maximum atomic E-state index is 11.0. The standard InChI is InChI=1S/C19H23ClN2O4/c1-2-25-17-12-14(10-15(13-21)19(23)24)11-16(20)18(17)26-9-8-22-6-4-3-5-7-22/h10-12H,2-9H2,1H3,(H,23,24). The van der Waals surface area contributed by atoms with Gasteiger partial charge in [0.25, 0.3) is 0 Å². The fourth-order valence-electron chi connectivity index (χ4n) is 2.84. The quantitative estimate of drug-likeness (QED) is 0.549. The van der Waals surface area contributed by atoms with Crippen molar-refractivity contribution in [2.75, 3.05) is 32.8 Å². The Labute approximate surface area is 158 Å². The molecule has 1 aromatic carbocycles. The number of carboxylic acids is 1. The van der Waals surface area contributed by atoms with Gasteiger partial charge in [0.2, 0.25) is 0 Å². The van der Waals surface area contributed by atoms with Crippen molar-refractivity contribution in [3.63, 3.8) is 0 Å². The van der Waals surface area contributed by atoms with Crippen LogP contribution < -0.4 is 9.47 Å². The van der Waals surface area contributed by atoms with Gasteiger partial charge >= 0.3 is 5.97 Å². The molecule has 1 fully saturated rings. The lowest BCUT2D eigenvalue weighted by atomic mass is 10.1. The average Bonchev–Trinajstić information content (AvgIpc) is 2.62. The molecular formula is C19H23ClN2O4. The predicted octanol–water partition coefficient (Wildman–Crippen LogP) is 3.59. The van der Waals surface area contributed by atoms with Crippen LogP contribution in [0.25, 0.3) is 6.08 Å². The number of nitriles is 1. The highest BCUT2D eigenvalue weighted by atomic mass is 35.5. The summed E-state index contributed by atoms with van der Waals surface area (Å²) in [6, 6.07) is 4.85. The first-order valence-electron chi connectivity index (χ1n) is 8.71. The van der Waals surface area contributed by atoms with Gasteiger partial charge in [-0.2, -0.15) is 5.26 Å². The molecule has 6 nitrogen and oxygen atoms in total. The first kappa shape index (κ1) is 20.1. The number of nitrogens with zero attached hydrogens (tertiary/aromatic N) is 2. The molecule has 0 spiro atoms. The lowest BCUT2D eigenvalue weighted by molar-refractivity contribution is -0.132. The van der Waals surface area contributed by atoms with Crippen LogP contribution in [0, 0.1) is 11.3 Å². The second-order valence-corrected chi connectivity index (χ2v) is 6.40. The molecule has 0 aromatic heterocycles. The van der Waals surface area contributed by atoms with Gasteiger partial charge in [0.05, 0.1) is 11.6 Å². The van der Waals surface area contributed by atoms with E-state index in [-0.39, 0.29) is 5.57 Å². The zero-order valence-electron chi connectivity index (χ0n) is 14.8. The van der Waals surface area contributed by atoms with Gasteiger partial charge in [-0.25, -0.2) is 4.79 Å². The van der Waals surface area contributed by atoms with E-state index in [0.717, 1.165) is 19.6 Å². The van der Waals surface area contributed by atoms with Crippen molar-refractivity contribution >= 4 is 23.6 Å². The Kier molecular flexibility index (Phi) is 7.76. The fourth-order valence-corrected chi connectivity index (χ4v) is 3.12. The Hall–Kier alpha value is -2.23. The Morgan fingerprint density at radius 2 is 2.08 bits per heavy atom. The summed E-state index contributed by atoms with van der Waals surface area (Å²) in [5.41, 5.74) is 0.100. The van der Waals surface area contributed by atoms with E-state index in [1.54, 1.807) is 18.2 Å². The molecule has 2 rings (SSSR count). The minimum absolute atomic E-state index is 0.323. The third kappa shape index (κ3) is 5.65. The van der Waals surface area contributed by atoms with Gasteiger partial charge in [0.15, 0.2) is 11.5 Å². The molecule has 140 valence electrons. The molecule has 1 aliphatic heterocycles. The number of carboxylic acid groups (broad SMARTS) is 1. The summed E-state index contributed by atoms with van der Waals surface area (Å²) in [6.45, 7) is 5.74. The molecule has 1 aromatic rings. The van der Waals surface area contributed by atoms with E-state index in [4.69, 9.17) is 31.4 Å². The van der Waals surface area contributed by atoms with Crippen molar-refractivity contribution in [3.05, 3.63) is 28.3 Å². The molecule has 0 saturated carbocycles. The highest BCUT2D eigenvalue weighted by Gasteiger charge is 2.15. The fraction of sp³-hybridized carbons (Fsp3) is 0.474. The van der Waals surface area contributed by atoms with Gasteiger partial charge in [0.1, 0.15) is 18.2 Å². The van der Waals surface area contributed by atoms with Gasteiger partial charge in [-0.3, -0.25) is 4.90 Å². The van der Waals surface area contributed by atoms with E-state index in [1.807, 2.05) is 6.92 Å². The SMILES string of the molecule is CCOc1cc(C=C(C#N)C(=O)O)cc(Cl)c1OCCN1CCCCC1. The van der Waals surface area contributed by atoms with Gasteiger partial charge in [-0.1, -0.05) is 18.0 Å². The van der Waals surface area contributed by atoms with Crippen molar-refractivity contribution in [2.24, 2.45) is 0 Å². The van der Waals surface area contributed by atoms with Crippen molar-refractivity contribution in [1.82, 2.24) is 4.90 Å². The van der Waals surface area contributed by atoms with E-state index in [9.17, 15) is 4.79 Å². The summed E-state index contributed by atoms with van der Waals surface area (Å²) in [5.74, 6) is -0.410. The molecule has 1 saturated heterocycles. The smallest absolute Gasteiger partial charge is 0.346 e. The van der Waals surface area contributed by atoms with E-state index < -0.39 is 5.97 Å². The first-order valence-corrected chi connectivity index (χ1v) is 9.09. The number of aliphatic carboxylic acids is 1. The molecule has 26 heavy (non-hydrogen) atoms. The number of halogens is 1. The zero-order valence-corrected chi connectivity index (χ0v) is 15.6. The third-order valence-electron chi connectivity index (χ3n) is 4.10. The first-order chi connectivity index (χ1) is 12.5. The maximum Gasteiger partial charge on any atom is 0.346 e. The zero-order chi connectivity index (χ0) is 18.9. The van der Waals surface area contributed by atoms with E-state index >= 15 is 0 Å². The van der Waals surface area contributed by atoms with Crippen molar-refractivity contribution < 1.29 is 19.4 Å². The topological polar surface area (TPSA) is 82.8 Å². The number of piperidine rings is 1.